The highest BCUT2D eigenvalue weighted by atomic mass is 16.5. The summed E-state index contributed by atoms with van der Waals surface area (Å²) in [7, 11) is 0. The van der Waals surface area contributed by atoms with E-state index < -0.39 is 11.9 Å². The Morgan fingerprint density at radius 3 is 2.67 bits per heavy atom. The molecule has 0 spiro atoms. The van der Waals surface area contributed by atoms with Gasteiger partial charge < -0.3 is 15.6 Å². The summed E-state index contributed by atoms with van der Waals surface area (Å²) in [6, 6.07) is 4.24. The van der Waals surface area contributed by atoms with E-state index in [0.29, 0.717) is 12.0 Å². The third-order valence-electron chi connectivity index (χ3n) is 1.83. The first-order valence-corrected chi connectivity index (χ1v) is 4.38. The molecule has 1 aromatic rings. The second-order valence-electron chi connectivity index (χ2n) is 2.90. The first kappa shape index (κ1) is 11.0. The number of esters is 1. The zero-order chi connectivity index (χ0) is 11.4. The highest BCUT2D eigenvalue weighted by Crippen LogP contribution is 2.23. The van der Waals surface area contributed by atoms with Gasteiger partial charge in [-0.2, -0.15) is 0 Å². The van der Waals surface area contributed by atoms with Crippen LogP contribution >= 0.6 is 0 Å². The van der Waals surface area contributed by atoms with Crippen LogP contribution in [0.3, 0.4) is 0 Å². The number of phenolic OH excluding ortho intramolecular Hbond substituents is 1. The van der Waals surface area contributed by atoms with Crippen LogP contribution < -0.4 is 10.5 Å². The average molecular weight is 209 g/mol. The van der Waals surface area contributed by atoms with Gasteiger partial charge in [-0.05, 0) is 30.2 Å². The van der Waals surface area contributed by atoms with Crippen LogP contribution in [0.5, 0.6) is 11.5 Å². The number of nitrogens with two attached hydrogens (primary N) is 1. The highest BCUT2D eigenvalue weighted by Gasteiger charge is 2.13. The van der Waals surface area contributed by atoms with Crippen LogP contribution in [0.25, 0.3) is 0 Å². The van der Waals surface area contributed by atoms with Crippen molar-refractivity contribution in [2.24, 2.45) is 5.73 Å². The van der Waals surface area contributed by atoms with Crippen LogP contribution in [0, 0.1) is 0 Å². The molecule has 1 rings (SSSR count). The van der Waals surface area contributed by atoms with Gasteiger partial charge in [0.05, 0.1) is 0 Å². The Morgan fingerprint density at radius 1 is 1.47 bits per heavy atom. The molecule has 5 heteroatoms. The predicted octanol–water partition coefficient (Wildman–Crippen LogP) is 0.345. The molecule has 1 aromatic carbocycles. The van der Waals surface area contributed by atoms with E-state index in [9.17, 15) is 14.7 Å². The Balaban J connectivity index is 2.94. The van der Waals surface area contributed by atoms with Crippen LogP contribution in [0.15, 0.2) is 18.2 Å². The minimum Gasteiger partial charge on any atom is -0.508 e. The number of primary amides is 1. The third kappa shape index (κ3) is 2.70. The van der Waals surface area contributed by atoms with Gasteiger partial charge in [-0.1, -0.05) is 6.92 Å². The summed E-state index contributed by atoms with van der Waals surface area (Å²) < 4.78 is 4.73. The Labute approximate surface area is 86.5 Å². The van der Waals surface area contributed by atoms with Crippen LogP contribution in [-0.2, 0) is 16.0 Å². The maximum atomic E-state index is 10.9. The van der Waals surface area contributed by atoms with Gasteiger partial charge in [0.1, 0.15) is 11.5 Å². The molecule has 1 amide bonds. The molecule has 80 valence electrons. The molecular weight excluding hydrogens is 198 g/mol. The topological polar surface area (TPSA) is 89.6 Å². The van der Waals surface area contributed by atoms with Crippen molar-refractivity contribution in [1.82, 2.24) is 0 Å². The van der Waals surface area contributed by atoms with Crippen LogP contribution in [0.4, 0.5) is 0 Å². The molecule has 0 aliphatic heterocycles. The van der Waals surface area contributed by atoms with Crippen LogP contribution in [-0.4, -0.2) is 17.0 Å². The first-order valence-electron chi connectivity index (χ1n) is 4.38. The molecule has 0 aliphatic rings. The van der Waals surface area contributed by atoms with E-state index in [2.05, 4.69) is 0 Å². The lowest BCUT2D eigenvalue weighted by Gasteiger charge is -2.07. The Hall–Kier alpha value is -2.04. The van der Waals surface area contributed by atoms with E-state index in [1.807, 2.05) is 6.92 Å². The summed E-state index contributed by atoms with van der Waals surface area (Å²) in [5.41, 5.74) is 5.37. The summed E-state index contributed by atoms with van der Waals surface area (Å²) in [5.74, 6) is -1.95. The number of rotatable bonds is 2. The van der Waals surface area contributed by atoms with E-state index in [0.717, 1.165) is 0 Å². The zero-order valence-corrected chi connectivity index (χ0v) is 8.19. The molecule has 3 N–H and O–H groups in total. The molecule has 0 saturated heterocycles. The number of hydrogen-bond acceptors (Lipinski definition) is 4. The number of amides is 1. The second kappa shape index (κ2) is 4.45. The van der Waals surface area contributed by atoms with Crippen LogP contribution in [0.1, 0.15) is 12.5 Å². The summed E-state index contributed by atoms with van der Waals surface area (Å²) in [6.07, 6.45) is 0.565. The number of ether oxygens (including phenoxy) is 1. The van der Waals surface area contributed by atoms with E-state index >= 15 is 0 Å². The van der Waals surface area contributed by atoms with E-state index in [-0.39, 0.29) is 11.5 Å². The maximum absolute atomic E-state index is 10.9. The lowest BCUT2D eigenvalue weighted by Crippen LogP contribution is -2.28. The number of hydrogen-bond donors (Lipinski definition) is 2. The van der Waals surface area contributed by atoms with Gasteiger partial charge in [0.15, 0.2) is 0 Å². The van der Waals surface area contributed by atoms with Gasteiger partial charge in [-0.25, -0.2) is 4.79 Å². The number of aromatic hydroxyl groups is 1. The Bertz CT molecular complexity index is 400. The zero-order valence-electron chi connectivity index (χ0n) is 8.19. The van der Waals surface area contributed by atoms with E-state index in [1.165, 1.54) is 18.2 Å². The van der Waals surface area contributed by atoms with E-state index in [1.54, 1.807) is 0 Å². The summed E-state index contributed by atoms with van der Waals surface area (Å²) in [6.45, 7) is 1.83. The molecule has 0 radical (unpaired) electrons. The highest BCUT2D eigenvalue weighted by molar-refractivity contribution is 6.32. The minimum atomic E-state index is -1.15. The van der Waals surface area contributed by atoms with Crippen LogP contribution in [0.2, 0.25) is 0 Å². The molecule has 0 saturated carbocycles. The number of carbonyl (C=O) groups excluding carboxylic acids is 2. The van der Waals surface area contributed by atoms with Crippen molar-refractivity contribution in [3.63, 3.8) is 0 Å². The van der Waals surface area contributed by atoms with Crippen molar-refractivity contribution >= 4 is 11.9 Å². The average Bonchev–Trinajstić information content (AvgIpc) is 2.20. The third-order valence-corrected chi connectivity index (χ3v) is 1.83. The minimum absolute atomic E-state index is 0.0747. The van der Waals surface area contributed by atoms with Crippen molar-refractivity contribution < 1.29 is 19.4 Å². The van der Waals surface area contributed by atoms with Gasteiger partial charge in [0.25, 0.3) is 0 Å². The fourth-order valence-corrected chi connectivity index (χ4v) is 1.09. The van der Waals surface area contributed by atoms with Gasteiger partial charge in [-0.3, -0.25) is 4.79 Å². The quantitative estimate of drug-likeness (QED) is 0.417. The molecule has 0 heterocycles. The number of phenols is 1. The van der Waals surface area contributed by atoms with Crippen molar-refractivity contribution in [2.45, 2.75) is 13.3 Å². The maximum Gasteiger partial charge on any atom is 0.401 e. The summed E-state index contributed by atoms with van der Waals surface area (Å²) >= 11 is 0. The summed E-state index contributed by atoms with van der Waals surface area (Å²) in [5, 5.41) is 9.18. The largest absolute Gasteiger partial charge is 0.508 e. The molecule has 15 heavy (non-hydrogen) atoms. The SMILES string of the molecule is CCc1cc(O)ccc1OC(=O)C(N)=O. The molecule has 0 aromatic heterocycles. The lowest BCUT2D eigenvalue weighted by atomic mass is 10.1. The normalized spacial score (nSPS) is 9.67. The van der Waals surface area contributed by atoms with Gasteiger partial charge in [-0.15, -0.1) is 0 Å². The van der Waals surface area contributed by atoms with Crippen molar-refractivity contribution in [2.75, 3.05) is 0 Å². The Kier molecular flexibility index (Phi) is 3.28. The van der Waals surface area contributed by atoms with E-state index in [4.69, 9.17) is 10.5 Å². The fourth-order valence-electron chi connectivity index (χ4n) is 1.09. The van der Waals surface area contributed by atoms with Crippen molar-refractivity contribution in [1.29, 1.82) is 0 Å². The summed E-state index contributed by atoms with van der Waals surface area (Å²) in [4.78, 5) is 21.4. The predicted molar refractivity (Wildman–Crippen MR) is 52.3 cm³/mol. The molecule has 0 bridgehead atoms. The first-order chi connectivity index (χ1) is 7.04. The standard InChI is InChI=1S/C10H11NO4/c1-2-6-5-7(12)3-4-8(6)15-10(14)9(11)13/h3-5,12H,2H2,1H3,(H2,11,13). The molecular formula is C10H11NO4. The Morgan fingerprint density at radius 2 is 2.13 bits per heavy atom. The molecule has 0 aliphatic carbocycles. The molecule has 0 fully saturated rings. The smallest absolute Gasteiger partial charge is 0.401 e. The lowest BCUT2D eigenvalue weighted by molar-refractivity contribution is -0.146. The molecule has 0 atom stereocenters. The molecule has 0 unspecified atom stereocenters. The monoisotopic (exact) mass is 209 g/mol. The number of benzene rings is 1. The molecule has 5 nitrogen and oxygen atoms in total. The fraction of sp³-hybridized carbons (Fsp3) is 0.200. The van der Waals surface area contributed by atoms with Crippen molar-refractivity contribution in [3.8, 4) is 11.5 Å². The van der Waals surface area contributed by atoms with Gasteiger partial charge in [0, 0.05) is 0 Å². The van der Waals surface area contributed by atoms with Gasteiger partial charge in [0.2, 0.25) is 0 Å². The number of aryl methyl sites for hydroxylation is 1. The number of carbonyl (C=O) groups is 2. The van der Waals surface area contributed by atoms with Crippen molar-refractivity contribution in [3.05, 3.63) is 23.8 Å². The second-order valence-corrected chi connectivity index (χ2v) is 2.90. The van der Waals surface area contributed by atoms with Gasteiger partial charge >= 0.3 is 11.9 Å².